The molecule has 3 N–H and O–H groups in total. The molecule has 12 heavy (non-hydrogen) atoms. The second-order valence-electron chi connectivity index (χ2n) is 2.74. The Hall–Kier alpha value is -0.810. The number of ether oxygens (including phenoxy) is 2. The van der Waals surface area contributed by atoms with Crippen LogP contribution in [0.15, 0.2) is 5.16 Å². The van der Waals surface area contributed by atoms with E-state index in [2.05, 4.69) is 5.16 Å². The molecule has 1 fully saturated rings. The van der Waals surface area contributed by atoms with Crippen LogP contribution in [0.1, 0.15) is 12.8 Å². The third-order valence-corrected chi connectivity index (χ3v) is 1.71. The molecular formula is C7H14N2O3. The van der Waals surface area contributed by atoms with Gasteiger partial charge in [0.2, 0.25) is 0 Å². The van der Waals surface area contributed by atoms with E-state index >= 15 is 0 Å². The Kier molecular flexibility index (Phi) is 3.83. The normalized spacial score (nSPS) is 24.7. The zero-order chi connectivity index (χ0) is 8.81. The van der Waals surface area contributed by atoms with E-state index < -0.39 is 0 Å². The Morgan fingerprint density at radius 1 is 1.75 bits per heavy atom. The molecule has 1 heterocycles. The van der Waals surface area contributed by atoms with Crippen molar-refractivity contribution in [3.05, 3.63) is 0 Å². The Morgan fingerprint density at radius 3 is 3.17 bits per heavy atom. The van der Waals surface area contributed by atoms with Crippen LogP contribution < -0.4 is 5.73 Å². The van der Waals surface area contributed by atoms with Gasteiger partial charge in [0.25, 0.3) is 0 Å². The van der Waals surface area contributed by atoms with Gasteiger partial charge in [-0.3, -0.25) is 0 Å². The predicted molar refractivity (Wildman–Crippen MR) is 43.2 cm³/mol. The van der Waals surface area contributed by atoms with Crippen molar-refractivity contribution in [3.63, 3.8) is 0 Å². The lowest BCUT2D eigenvalue weighted by Crippen LogP contribution is -2.23. The van der Waals surface area contributed by atoms with E-state index in [1.807, 2.05) is 0 Å². The first kappa shape index (κ1) is 9.28. The van der Waals surface area contributed by atoms with Crippen LogP contribution in [-0.4, -0.2) is 37.0 Å². The lowest BCUT2D eigenvalue weighted by molar-refractivity contribution is 0.0291. The predicted octanol–water partition coefficient (Wildman–Crippen LogP) is -0.0716. The molecule has 0 aliphatic carbocycles. The highest BCUT2D eigenvalue weighted by Crippen LogP contribution is 2.11. The Morgan fingerprint density at radius 2 is 2.58 bits per heavy atom. The van der Waals surface area contributed by atoms with Crippen molar-refractivity contribution in [3.8, 4) is 0 Å². The molecule has 5 heteroatoms. The largest absolute Gasteiger partial charge is 0.409 e. The SMILES string of the molecule is N/C(COC[C@H]1CCCO1)=N/O. The topological polar surface area (TPSA) is 77.1 Å². The second-order valence-corrected chi connectivity index (χ2v) is 2.74. The minimum absolute atomic E-state index is 0.0907. The molecule has 0 spiro atoms. The summed E-state index contributed by atoms with van der Waals surface area (Å²) in [5.74, 6) is 0.0907. The van der Waals surface area contributed by atoms with E-state index in [4.69, 9.17) is 20.4 Å². The Labute approximate surface area is 71.1 Å². The summed E-state index contributed by atoms with van der Waals surface area (Å²) in [5, 5.41) is 11.0. The standard InChI is InChI=1S/C7H14N2O3/c8-7(9-10)5-11-4-6-2-1-3-12-6/h6,10H,1-5H2,(H2,8,9)/t6-/m1/s1. The number of oxime groups is 1. The van der Waals surface area contributed by atoms with Crippen molar-refractivity contribution in [2.75, 3.05) is 19.8 Å². The number of nitrogens with zero attached hydrogens (tertiary/aromatic N) is 1. The minimum Gasteiger partial charge on any atom is -0.409 e. The molecule has 1 atom stereocenters. The first-order valence-corrected chi connectivity index (χ1v) is 3.98. The zero-order valence-electron chi connectivity index (χ0n) is 6.90. The molecule has 1 rings (SSSR count). The molecule has 0 unspecified atom stereocenters. The van der Waals surface area contributed by atoms with Gasteiger partial charge in [-0.2, -0.15) is 0 Å². The molecule has 1 aliphatic heterocycles. The second kappa shape index (κ2) is 4.95. The number of amidine groups is 1. The first-order valence-electron chi connectivity index (χ1n) is 3.98. The highest BCUT2D eigenvalue weighted by atomic mass is 16.5. The molecular weight excluding hydrogens is 160 g/mol. The van der Waals surface area contributed by atoms with E-state index in [-0.39, 0.29) is 18.5 Å². The summed E-state index contributed by atoms with van der Waals surface area (Å²) in [6, 6.07) is 0. The zero-order valence-corrected chi connectivity index (χ0v) is 6.90. The lowest BCUT2D eigenvalue weighted by atomic mass is 10.2. The van der Waals surface area contributed by atoms with Gasteiger partial charge >= 0.3 is 0 Å². The maximum absolute atomic E-state index is 8.18. The van der Waals surface area contributed by atoms with Gasteiger partial charge in [-0.1, -0.05) is 5.16 Å². The van der Waals surface area contributed by atoms with Crippen molar-refractivity contribution >= 4 is 5.84 Å². The average molecular weight is 174 g/mol. The molecule has 0 aromatic rings. The van der Waals surface area contributed by atoms with Crippen molar-refractivity contribution in [2.45, 2.75) is 18.9 Å². The highest BCUT2D eigenvalue weighted by Gasteiger charge is 2.15. The van der Waals surface area contributed by atoms with Crippen LogP contribution >= 0.6 is 0 Å². The first-order chi connectivity index (χ1) is 5.83. The van der Waals surface area contributed by atoms with E-state index in [1.54, 1.807) is 0 Å². The number of rotatable bonds is 4. The van der Waals surface area contributed by atoms with Crippen molar-refractivity contribution < 1.29 is 14.7 Å². The van der Waals surface area contributed by atoms with Crippen LogP contribution in [0.3, 0.4) is 0 Å². The van der Waals surface area contributed by atoms with Gasteiger partial charge in [-0.15, -0.1) is 0 Å². The maximum Gasteiger partial charge on any atom is 0.165 e. The van der Waals surface area contributed by atoms with Crippen LogP contribution in [-0.2, 0) is 9.47 Å². The quantitative estimate of drug-likeness (QED) is 0.270. The summed E-state index contributed by atoms with van der Waals surface area (Å²) in [7, 11) is 0. The van der Waals surface area contributed by atoms with E-state index in [0.29, 0.717) is 6.61 Å². The molecule has 0 amide bonds. The summed E-state index contributed by atoms with van der Waals surface area (Å²) in [6.07, 6.45) is 2.32. The summed E-state index contributed by atoms with van der Waals surface area (Å²) in [6.45, 7) is 1.50. The number of nitrogens with two attached hydrogens (primary N) is 1. The van der Waals surface area contributed by atoms with Crippen molar-refractivity contribution in [2.24, 2.45) is 10.9 Å². The van der Waals surface area contributed by atoms with Crippen molar-refractivity contribution in [1.82, 2.24) is 0 Å². The van der Waals surface area contributed by atoms with Crippen LogP contribution in [0.5, 0.6) is 0 Å². The van der Waals surface area contributed by atoms with Gasteiger partial charge in [0, 0.05) is 6.61 Å². The van der Waals surface area contributed by atoms with Gasteiger partial charge in [0.15, 0.2) is 5.84 Å². The molecule has 0 bridgehead atoms. The molecule has 0 aromatic carbocycles. The van der Waals surface area contributed by atoms with E-state index in [9.17, 15) is 0 Å². The Bertz CT molecular complexity index is 155. The molecule has 5 nitrogen and oxygen atoms in total. The van der Waals surface area contributed by atoms with Crippen LogP contribution in [0.2, 0.25) is 0 Å². The van der Waals surface area contributed by atoms with Gasteiger partial charge in [0.05, 0.1) is 12.7 Å². The van der Waals surface area contributed by atoms with Crippen LogP contribution in [0, 0.1) is 0 Å². The van der Waals surface area contributed by atoms with E-state index in [0.717, 1.165) is 19.4 Å². The molecule has 0 saturated carbocycles. The monoisotopic (exact) mass is 174 g/mol. The molecule has 0 aromatic heterocycles. The van der Waals surface area contributed by atoms with E-state index in [1.165, 1.54) is 0 Å². The fourth-order valence-electron chi connectivity index (χ4n) is 1.10. The summed E-state index contributed by atoms with van der Waals surface area (Å²) < 4.78 is 10.4. The minimum atomic E-state index is 0.0907. The smallest absolute Gasteiger partial charge is 0.165 e. The molecule has 1 saturated heterocycles. The van der Waals surface area contributed by atoms with Crippen LogP contribution in [0.4, 0.5) is 0 Å². The molecule has 1 aliphatic rings. The highest BCUT2D eigenvalue weighted by molar-refractivity contribution is 5.80. The fourth-order valence-corrected chi connectivity index (χ4v) is 1.10. The number of hydrogen-bond acceptors (Lipinski definition) is 4. The molecule has 0 radical (unpaired) electrons. The van der Waals surface area contributed by atoms with Crippen molar-refractivity contribution in [1.29, 1.82) is 0 Å². The van der Waals surface area contributed by atoms with Gasteiger partial charge in [-0.05, 0) is 12.8 Å². The van der Waals surface area contributed by atoms with Gasteiger partial charge in [-0.25, -0.2) is 0 Å². The Balaban J connectivity index is 2.01. The van der Waals surface area contributed by atoms with Crippen LogP contribution in [0.25, 0.3) is 0 Å². The summed E-state index contributed by atoms with van der Waals surface area (Å²) in [4.78, 5) is 0. The van der Waals surface area contributed by atoms with Gasteiger partial charge in [0.1, 0.15) is 6.61 Å². The van der Waals surface area contributed by atoms with Gasteiger partial charge < -0.3 is 20.4 Å². The third-order valence-electron chi connectivity index (χ3n) is 1.71. The summed E-state index contributed by atoms with van der Waals surface area (Å²) >= 11 is 0. The fraction of sp³-hybridized carbons (Fsp3) is 0.857. The third kappa shape index (κ3) is 3.06. The summed E-state index contributed by atoms with van der Waals surface area (Å²) in [5.41, 5.74) is 5.19. The maximum atomic E-state index is 8.18. The molecule has 70 valence electrons. The number of hydrogen-bond donors (Lipinski definition) is 2. The lowest BCUT2D eigenvalue weighted by Gasteiger charge is -2.08. The average Bonchev–Trinajstić information content (AvgIpc) is 2.57.